The maximum atomic E-state index is 12.1. The highest BCUT2D eigenvalue weighted by Crippen LogP contribution is 2.35. The summed E-state index contributed by atoms with van der Waals surface area (Å²) in [4.78, 5) is 11.5. The first kappa shape index (κ1) is 13.7. The maximum absolute atomic E-state index is 12.1. The van der Waals surface area contributed by atoms with Crippen LogP contribution in [0.1, 0.15) is 17.3 Å². The van der Waals surface area contributed by atoms with Crippen molar-refractivity contribution in [2.45, 2.75) is 13.5 Å². The predicted octanol–water partition coefficient (Wildman–Crippen LogP) is 2.81. The number of alkyl halides is 2. The molecule has 0 radical (unpaired) electrons. The summed E-state index contributed by atoms with van der Waals surface area (Å²) in [6.07, 6.45) is 0. The van der Waals surface area contributed by atoms with Crippen LogP contribution in [0.3, 0.4) is 0 Å². The Hall–Kier alpha value is -1.37. The molecule has 0 saturated heterocycles. The van der Waals surface area contributed by atoms with Crippen LogP contribution in [0.15, 0.2) is 16.6 Å². The summed E-state index contributed by atoms with van der Waals surface area (Å²) in [5.74, 6) is -0.956. The molecule has 1 rings (SSSR count). The van der Waals surface area contributed by atoms with Crippen LogP contribution in [0.4, 0.5) is 14.5 Å². The highest BCUT2D eigenvalue weighted by molar-refractivity contribution is 9.10. The number of hydrogen-bond acceptors (Lipinski definition) is 4. The molecule has 94 valence electrons. The fourth-order valence-electron chi connectivity index (χ4n) is 1.17. The smallest absolute Gasteiger partial charge is 0.387 e. The lowest BCUT2D eigenvalue weighted by molar-refractivity contribution is -0.0499. The first-order valence-corrected chi connectivity index (χ1v) is 5.46. The Labute approximate surface area is 105 Å². The van der Waals surface area contributed by atoms with Gasteiger partial charge in [0.2, 0.25) is 0 Å². The number of nitrogens with two attached hydrogens (primary N) is 1. The standard InChI is InChI=1S/C10H10BrF2NO3/c1-2-16-9(15)5-3-4-6(11)8(7(5)14)17-10(12)13/h3-4,10H,2,14H2,1H3. The molecule has 0 fully saturated rings. The molecule has 0 aromatic heterocycles. The molecule has 7 heteroatoms. The second kappa shape index (κ2) is 5.81. The highest BCUT2D eigenvalue weighted by Gasteiger charge is 2.19. The van der Waals surface area contributed by atoms with Crippen LogP contribution >= 0.6 is 15.9 Å². The van der Waals surface area contributed by atoms with E-state index in [9.17, 15) is 13.6 Å². The summed E-state index contributed by atoms with van der Waals surface area (Å²) in [6, 6.07) is 2.76. The van der Waals surface area contributed by atoms with Crippen LogP contribution in [0.5, 0.6) is 5.75 Å². The van der Waals surface area contributed by atoms with Crippen molar-refractivity contribution in [2.75, 3.05) is 12.3 Å². The quantitative estimate of drug-likeness (QED) is 0.686. The third kappa shape index (κ3) is 3.29. The van der Waals surface area contributed by atoms with Crippen molar-refractivity contribution in [3.8, 4) is 5.75 Å². The van der Waals surface area contributed by atoms with E-state index in [1.807, 2.05) is 0 Å². The summed E-state index contributed by atoms with van der Waals surface area (Å²) < 4.78 is 33.5. The van der Waals surface area contributed by atoms with E-state index in [4.69, 9.17) is 10.5 Å². The topological polar surface area (TPSA) is 61.5 Å². The van der Waals surface area contributed by atoms with Gasteiger partial charge in [-0.25, -0.2) is 4.79 Å². The van der Waals surface area contributed by atoms with E-state index in [2.05, 4.69) is 20.7 Å². The molecule has 1 aromatic rings. The van der Waals surface area contributed by atoms with Gasteiger partial charge in [-0.3, -0.25) is 0 Å². The van der Waals surface area contributed by atoms with Gasteiger partial charge in [0, 0.05) is 0 Å². The van der Waals surface area contributed by atoms with E-state index in [0.29, 0.717) is 0 Å². The largest absolute Gasteiger partial charge is 0.462 e. The average molecular weight is 310 g/mol. The van der Waals surface area contributed by atoms with Crippen LogP contribution in [0.2, 0.25) is 0 Å². The Morgan fingerprint density at radius 1 is 1.53 bits per heavy atom. The van der Waals surface area contributed by atoms with Crippen LogP contribution in [-0.2, 0) is 4.74 Å². The van der Waals surface area contributed by atoms with Gasteiger partial charge in [-0.1, -0.05) is 0 Å². The Morgan fingerprint density at radius 3 is 2.71 bits per heavy atom. The molecule has 0 aliphatic carbocycles. The molecular formula is C10H10BrF2NO3. The molecule has 4 nitrogen and oxygen atoms in total. The SMILES string of the molecule is CCOC(=O)c1ccc(Br)c(OC(F)F)c1N. The van der Waals surface area contributed by atoms with E-state index in [0.717, 1.165) is 0 Å². The molecule has 0 unspecified atom stereocenters. The van der Waals surface area contributed by atoms with Crippen LogP contribution in [0.25, 0.3) is 0 Å². The zero-order chi connectivity index (χ0) is 13.0. The number of rotatable bonds is 4. The first-order chi connectivity index (χ1) is 7.97. The lowest BCUT2D eigenvalue weighted by Gasteiger charge is -2.12. The molecule has 0 saturated carbocycles. The lowest BCUT2D eigenvalue weighted by Crippen LogP contribution is -2.11. The molecule has 2 N–H and O–H groups in total. The van der Waals surface area contributed by atoms with Gasteiger partial charge in [0.1, 0.15) is 0 Å². The van der Waals surface area contributed by atoms with Crippen molar-refractivity contribution in [1.29, 1.82) is 0 Å². The van der Waals surface area contributed by atoms with Crippen molar-refractivity contribution in [2.24, 2.45) is 0 Å². The van der Waals surface area contributed by atoms with Crippen molar-refractivity contribution >= 4 is 27.6 Å². The second-order valence-corrected chi connectivity index (χ2v) is 3.79. The van der Waals surface area contributed by atoms with Crippen LogP contribution in [0, 0.1) is 0 Å². The van der Waals surface area contributed by atoms with Crippen molar-refractivity contribution < 1.29 is 23.0 Å². The van der Waals surface area contributed by atoms with Crippen molar-refractivity contribution in [1.82, 2.24) is 0 Å². The Morgan fingerprint density at radius 2 is 2.18 bits per heavy atom. The number of benzene rings is 1. The number of halogens is 3. The third-order valence-electron chi connectivity index (χ3n) is 1.85. The number of hydrogen-bond donors (Lipinski definition) is 1. The van der Waals surface area contributed by atoms with Crippen LogP contribution in [-0.4, -0.2) is 19.2 Å². The van der Waals surface area contributed by atoms with Gasteiger partial charge in [0.15, 0.2) is 5.75 Å². The van der Waals surface area contributed by atoms with E-state index >= 15 is 0 Å². The highest BCUT2D eigenvalue weighted by atomic mass is 79.9. The average Bonchev–Trinajstić information content (AvgIpc) is 2.24. The van der Waals surface area contributed by atoms with Gasteiger partial charge in [0.05, 0.1) is 22.3 Å². The zero-order valence-electron chi connectivity index (χ0n) is 8.88. The van der Waals surface area contributed by atoms with E-state index in [1.165, 1.54) is 12.1 Å². The first-order valence-electron chi connectivity index (χ1n) is 4.67. The molecule has 0 heterocycles. The Bertz CT molecular complexity index is 426. The maximum Gasteiger partial charge on any atom is 0.387 e. The van der Waals surface area contributed by atoms with E-state index < -0.39 is 12.6 Å². The van der Waals surface area contributed by atoms with Gasteiger partial charge >= 0.3 is 12.6 Å². The fourth-order valence-corrected chi connectivity index (χ4v) is 1.61. The zero-order valence-corrected chi connectivity index (χ0v) is 10.5. The molecule has 0 amide bonds. The molecule has 17 heavy (non-hydrogen) atoms. The lowest BCUT2D eigenvalue weighted by atomic mass is 10.1. The molecule has 0 atom stereocenters. The number of nitrogen functional groups attached to an aromatic ring is 1. The van der Waals surface area contributed by atoms with E-state index in [1.54, 1.807) is 6.92 Å². The van der Waals surface area contributed by atoms with Gasteiger partial charge in [-0.05, 0) is 35.0 Å². The summed E-state index contributed by atoms with van der Waals surface area (Å²) in [5, 5.41) is 0. The minimum Gasteiger partial charge on any atom is -0.462 e. The van der Waals surface area contributed by atoms with Crippen molar-refractivity contribution in [3.05, 3.63) is 22.2 Å². The number of anilines is 1. The monoisotopic (exact) mass is 309 g/mol. The Balaban J connectivity index is 3.14. The number of esters is 1. The summed E-state index contributed by atoms with van der Waals surface area (Å²) >= 11 is 3.01. The van der Waals surface area contributed by atoms with E-state index in [-0.39, 0.29) is 28.1 Å². The second-order valence-electron chi connectivity index (χ2n) is 2.94. The minimum absolute atomic E-state index is 0.00861. The summed E-state index contributed by atoms with van der Waals surface area (Å²) in [5.41, 5.74) is 5.38. The predicted molar refractivity (Wildman–Crippen MR) is 61.1 cm³/mol. The fraction of sp³-hybridized carbons (Fsp3) is 0.300. The van der Waals surface area contributed by atoms with Gasteiger partial charge in [0.25, 0.3) is 0 Å². The normalized spacial score (nSPS) is 10.4. The molecule has 0 spiro atoms. The van der Waals surface area contributed by atoms with Gasteiger partial charge < -0.3 is 15.2 Å². The number of carbonyl (C=O) groups is 1. The number of ether oxygens (including phenoxy) is 2. The molecular weight excluding hydrogens is 300 g/mol. The summed E-state index contributed by atoms with van der Waals surface area (Å²) in [7, 11) is 0. The van der Waals surface area contributed by atoms with Gasteiger partial charge in [-0.2, -0.15) is 8.78 Å². The molecule has 1 aromatic carbocycles. The number of carbonyl (C=O) groups excluding carboxylic acids is 1. The van der Waals surface area contributed by atoms with Gasteiger partial charge in [-0.15, -0.1) is 0 Å². The van der Waals surface area contributed by atoms with Crippen molar-refractivity contribution in [3.63, 3.8) is 0 Å². The molecule has 0 aliphatic rings. The Kier molecular flexibility index (Phi) is 4.68. The molecule has 0 bridgehead atoms. The molecule has 0 aliphatic heterocycles. The minimum atomic E-state index is -3.02. The third-order valence-corrected chi connectivity index (χ3v) is 2.47. The van der Waals surface area contributed by atoms with Crippen LogP contribution < -0.4 is 10.5 Å². The summed E-state index contributed by atoms with van der Waals surface area (Å²) in [6.45, 7) is -1.23.